The molecule has 1 nitrogen and oxygen atoms in total. The van der Waals surface area contributed by atoms with Crippen molar-refractivity contribution in [3.05, 3.63) is 35.5 Å². The van der Waals surface area contributed by atoms with E-state index in [1.807, 2.05) is 13.0 Å². The molecule has 0 heterocycles. The summed E-state index contributed by atoms with van der Waals surface area (Å²) in [6.45, 7) is 4.25. The zero-order chi connectivity index (χ0) is 12.3. The quantitative estimate of drug-likeness (QED) is 0.649. The molecule has 2 atom stereocenters. The van der Waals surface area contributed by atoms with Crippen LogP contribution in [0.15, 0.2) is 35.5 Å². The monoisotopic (exact) mass is 230 g/mol. The van der Waals surface area contributed by atoms with Gasteiger partial charge in [-0.15, -0.1) is 0 Å². The summed E-state index contributed by atoms with van der Waals surface area (Å²) in [5, 5.41) is 0. The van der Waals surface area contributed by atoms with Crippen LogP contribution in [0.3, 0.4) is 0 Å². The first-order valence-corrected chi connectivity index (χ1v) is 6.70. The standard InChI is InChI=1S/C16H22O/c1-12-3-6-14(7-4-12)8-10-15-9-5-13(2)11-16(15)17/h3,8,10-11,14-15H,4-7,9H2,1-2H3. The molecule has 0 aromatic carbocycles. The van der Waals surface area contributed by atoms with E-state index in [0.717, 1.165) is 19.3 Å². The number of allylic oxidation sites excluding steroid dienone is 6. The lowest BCUT2D eigenvalue weighted by Gasteiger charge is -2.19. The van der Waals surface area contributed by atoms with Gasteiger partial charge in [0.25, 0.3) is 0 Å². The smallest absolute Gasteiger partial charge is 0.162 e. The second kappa shape index (κ2) is 5.48. The van der Waals surface area contributed by atoms with E-state index in [1.54, 1.807) is 0 Å². The van der Waals surface area contributed by atoms with Crippen LogP contribution in [-0.2, 0) is 4.79 Å². The maximum atomic E-state index is 11.8. The molecule has 0 aliphatic heterocycles. The molecule has 0 aromatic heterocycles. The number of rotatable bonds is 2. The SMILES string of the molecule is CC1=CCC(C=CC2CCC(C)=CC2=O)CC1. The van der Waals surface area contributed by atoms with Gasteiger partial charge in [0.15, 0.2) is 5.78 Å². The number of carbonyl (C=O) groups excluding carboxylic acids is 1. The van der Waals surface area contributed by atoms with Crippen LogP contribution < -0.4 is 0 Å². The van der Waals surface area contributed by atoms with Gasteiger partial charge in [0, 0.05) is 5.92 Å². The summed E-state index contributed by atoms with van der Waals surface area (Å²) < 4.78 is 0. The van der Waals surface area contributed by atoms with Crippen LogP contribution in [0, 0.1) is 11.8 Å². The maximum absolute atomic E-state index is 11.8. The summed E-state index contributed by atoms with van der Waals surface area (Å²) >= 11 is 0. The number of hydrogen-bond donors (Lipinski definition) is 0. The normalized spacial score (nSPS) is 30.4. The van der Waals surface area contributed by atoms with Gasteiger partial charge in [0.2, 0.25) is 0 Å². The van der Waals surface area contributed by atoms with Crippen LogP contribution in [0.5, 0.6) is 0 Å². The molecule has 0 N–H and O–H groups in total. The molecule has 0 saturated carbocycles. The van der Waals surface area contributed by atoms with Gasteiger partial charge in [-0.25, -0.2) is 0 Å². The topological polar surface area (TPSA) is 17.1 Å². The average Bonchev–Trinajstić information content (AvgIpc) is 2.30. The molecule has 0 spiro atoms. The Bertz CT molecular complexity index is 384. The number of hydrogen-bond acceptors (Lipinski definition) is 1. The maximum Gasteiger partial charge on any atom is 0.162 e. The zero-order valence-electron chi connectivity index (χ0n) is 10.9. The predicted molar refractivity (Wildman–Crippen MR) is 71.7 cm³/mol. The van der Waals surface area contributed by atoms with E-state index < -0.39 is 0 Å². The van der Waals surface area contributed by atoms with Gasteiger partial charge in [0.1, 0.15) is 0 Å². The Kier molecular flexibility index (Phi) is 3.98. The van der Waals surface area contributed by atoms with Crippen molar-refractivity contribution in [3.63, 3.8) is 0 Å². The predicted octanol–water partition coefficient (Wildman–Crippen LogP) is 4.21. The van der Waals surface area contributed by atoms with Crippen molar-refractivity contribution in [2.75, 3.05) is 0 Å². The van der Waals surface area contributed by atoms with Crippen LogP contribution in [0.1, 0.15) is 46.0 Å². The lowest BCUT2D eigenvalue weighted by molar-refractivity contribution is -0.117. The van der Waals surface area contributed by atoms with Gasteiger partial charge in [-0.3, -0.25) is 4.79 Å². The highest BCUT2D eigenvalue weighted by atomic mass is 16.1. The zero-order valence-corrected chi connectivity index (χ0v) is 10.9. The summed E-state index contributed by atoms with van der Waals surface area (Å²) in [6, 6.07) is 0. The molecule has 2 aliphatic rings. The minimum Gasteiger partial charge on any atom is -0.294 e. The average molecular weight is 230 g/mol. The van der Waals surface area contributed by atoms with Crippen molar-refractivity contribution in [1.29, 1.82) is 0 Å². The molecule has 2 aliphatic carbocycles. The van der Waals surface area contributed by atoms with Gasteiger partial charge >= 0.3 is 0 Å². The van der Waals surface area contributed by atoms with Crippen LogP contribution in [0.25, 0.3) is 0 Å². The van der Waals surface area contributed by atoms with Crippen LogP contribution >= 0.6 is 0 Å². The Morgan fingerprint density at radius 1 is 1.12 bits per heavy atom. The van der Waals surface area contributed by atoms with Crippen molar-refractivity contribution in [1.82, 2.24) is 0 Å². The first-order valence-electron chi connectivity index (χ1n) is 6.70. The van der Waals surface area contributed by atoms with E-state index in [2.05, 4.69) is 25.2 Å². The van der Waals surface area contributed by atoms with E-state index in [0.29, 0.717) is 11.7 Å². The Hall–Kier alpha value is -1.11. The first kappa shape index (κ1) is 12.3. The van der Waals surface area contributed by atoms with E-state index in [9.17, 15) is 4.79 Å². The Labute approximate surface area is 104 Å². The molecule has 2 rings (SSSR count). The molecule has 0 radical (unpaired) electrons. The Morgan fingerprint density at radius 2 is 1.88 bits per heavy atom. The number of ketones is 1. The largest absolute Gasteiger partial charge is 0.294 e. The minimum absolute atomic E-state index is 0.144. The fraction of sp³-hybridized carbons (Fsp3) is 0.562. The van der Waals surface area contributed by atoms with E-state index in [-0.39, 0.29) is 5.92 Å². The molecule has 17 heavy (non-hydrogen) atoms. The van der Waals surface area contributed by atoms with Crippen molar-refractivity contribution in [2.24, 2.45) is 11.8 Å². The lowest BCUT2D eigenvalue weighted by atomic mass is 9.85. The van der Waals surface area contributed by atoms with Crippen LogP contribution in [0.4, 0.5) is 0 Å². The third kappa shape index (κ3) is 3.42. The molecule has 1 heteroatoms. The molecule has 0 aromatic rings. The second-order valence-corrected chi connectivity index (χ2v) is 5.51. The molecule has 0 amide bonds. The van der Waals surface area contributed by atoms with E-state index in [1.165, 1.54) is 24.0 Å². The highest BCUT2D eigenvalue weighted by molar-refractivity contribution is 5.94. The number of carbonyl (C=O) groups is 1. The third-order valence-electron chi connectivity index (χ3n) is 3.90. The van der Waals surface area contributed by atoms with Crippen LogP contribution in [0.2, 0.25) is 0 Å². The first-order chi connectivity index (χ1) is 8.15. The Balaban J connectivity index is 1.91. The van der Waals surface area contributed by atoms with E-state index >= 15 is 0 Å². The fourth-order valence-corrected chi connectivity index (χ4v) is 2.59. The van der Waals surface area contributed by atoms with Gasteiger partial charge in [-0.05, 0) is 57.9 Å². The summed E-state index contributed by atoms with van der Waals surface area (Å²) in [6.07, 6.45) is 14.3. The summed E-state index contributed by atoms with van der Waals surface area (Å²) in [5.74, 6) is 1.09. The van der Waals surface area contributed by atoms with Gasteiger partial charge in [0.05, 0.1) is 0 Å². The highest BCUT2D eigenvalue weighted by Crippen LogP contribution is 2.26. The van der Waals surface area contributed by atoms with Crippen molar-refractivity contribution < 1.29 is 4.79 Å². The van der Waals surface area contributed by atoms with Crippen molar-refractivity contribution in [2.45, 2.75) is 46.0 Å². The van der Waals surface area contributed by atoms with Crippen LogP contribution in [-0.4, -0.2) is 5.78 Å². The molecule has 92 valence electrons. The van der Waals surface area contributed by atoms with Gasteiger partial charge in [-0.1, -0.05) is 29.4 Å². The molecule has 0 saturated heterocycles. The highest BCUT2D eigenvalue weighted by Gasteiger charge is 2.18. The summed E-state index contributed by atoms with van der Waals surface area (Å²) in [7, 11) is 0. The van der Waals surface area contributed by atoms with Gasteiger partial charge in [-0.2, -0.15) is 0 Å². The molecule has 2 unspecified atom stereocenters. The fourth-order valence-electron chi connectivity index (χ4n) is 2.59. The third-order valence-corrected chi connectivity index (χ3v) is 3.90. The molecule has 0 fully saturated rings. The molecule has 0 bridgehead atoms. The minimum atomic E-state index is 0.144. The van der Waals surface area contributed by atoms with Crippen molar-refractivity contribution >= 4 is 5.78 Å². The lowest BCUT2D eigenvalue weighted by Crippen LogP contribution is -2.15. The second-order valence-electron chi connectivity index (χ2n) is 5.51. The van der Waals surface area contributed by atoms with E-state index in [4.69, 9.17) is 0 Å². The summed E-state index contributed by atoms with van der Waals surface area (Å²) in [5.41, 5.74) is 2.75. The van der Waals surface area contributed by atoms with Crippen molar-refractivity contribution in [3.8, 4) is 0 Å². The molecular formula is C16H22O. The Morgan fingerprint density at radius 3 is 2.53 bits per heavy atom. The van der Waals surface area contributed by atoms with Gasteiger partial charge < -0.3 is 0 Å². The summed E-state index contributed by atoms with van der Waals surface area (Å²) in [4.78, 5) is 11.8. The molecular weight excluding hydrogens is 208 g/mol.